The third-order valence-corrected chi connectivity index (χ3v) is 12.3. The molecule has 1 aliphatic rings. The Kier molecular flexibility index (Phi) is 9.10. The average Bonchev–Trinajstić information content (AvgIpc) is 3.24. The first-order chi connectivity index (χ1) is 19.4. The molecule has 11 heteroatoms. The van der Waals surface area contributed by atoms with Gasteiger partial charge in [0.25, 0.3) is 13.9 Å². The quantitative estimate of drug-likeness (QED) is 0.301. The van der Waals surface area contributed by atoms with Gasteiger partial charge in [0.2, 0.25) is 0 Å². The lowest BCUT2D eigenvalue weighted by Gasteiger charge is -2.43. The van der Waals surface area contributed by atoms with E-state index in [0.717, 1.165) is 10.4 Å². The van der Waals surface area contributed by atoms with Crippen LogP contribution in [0.25, 0.3) is 0 Å². The van der Waals surface area contributed by atoms with Gasteiger partial charge in [-0.3, -0.25) is 23.9 Å². The number of carbonyl (C=O) groups excluding carboxylic acids is 2. The molecule has 3 aromatic rings. The minimum absolute atomic E-state index is 0.0611. The highest BCUT2D eigenvalue weighted by molar-refractivity contribution is 6.99. The van der Waals surface area contributed by atoms with E-state index in [9.17, 15) is 19.2 Å². The highest BCUT2D eigenvalue weighted by Gasteiger charge is 2.53. The number of nitrogens with one attached hydrogen (secondary N) is 1. The number of hydrogen-bond donors (Lipinski definition) is 1. The van der Waals surface area contributed by atoms with E-state index in [1.165, 1.54) is 30.7 Å². The first-order valence-corrected chi connectivity index (χ1v) is 15.4. The van der Waals surface area contributed by atoms with E-state index in [2.05, 4.69) is 50.0 Å². The van der Waals surface area contributed by atoms with Crippen LogP contribution in [0, 0.1) is 5.92 Å². The first-order valence-electron chi connectivity index (χ1n) is 13.5. The zero-order valence-electron chi connectivity index (χ0n) is 23.9. The van der Waals surface area contributed by atoms with E-state index < -0.39 is 55.9 Å². The van der Waals surface area contributed by atoms with Crippen LogP contribution in [0.1, 0.15) is 40.8 Å². The van der Waals surface area contributed by atoms with Gasteiger partial charge in [-0.1, -0.05) is 81.4 Å². The number of ether oxygens (including phenoxy) is 3. The lowest BCUT2D eigenvalue weighted by molar-refractivity contribution is -0.155. The highest BCUT2D eigenvalue weighted by Crippen LogP contribution is 2.40. The molecule has 0 bridgehead atoms. The van der Waals surface area contributed by atoms with E-state index in [1.807, 2.05) is 36.4 Å². The second kappa shape index (κ2) is 12.4. The predicted molar refractivity (Wildman–Crippen MR) is 154 cm³/mol. The molecule has 0 spiro atoms. The van der Waals surface area contributed by atoms with E-state index in [-0.39, 0.29) is 18.3 Å². The summed E-state index contributed by atoms with van der Waals surface area (Å²) >= 11 is 0. The van der Waals surface area contributed by atoms with Gasteiger partial charge in [0.15, 0.2) is 12.3 Å². The minimum Gasteiger partial charge on any atom is -0.465 e. The molecule has 1 fully saturated rings. The van der Waals surface area contributed by atoms with Crippen LogP contribution in [-0.4, -0.2) is 55.2 Å². The molecule has 218 valence electrons. The standard InChI is InChI=1S/C30H36N2O8Si/c1-20(33)37-18-24-25(40-28(27(24)39-21(2)34)32-17-16-26(35)31-29(32)36)19-38-41(30(3,4)5,22-12-8-6-9-13-22)23-14-10-7-11-15-23/h6-17,24-25,27-28H,18-19H2,1-5H3,(H,31,35,36). The molecule has 2 aromatic carbocycles. The summed E-state index contributed by atoms with van der Waals surface area (Å²) in [7, 11) is -2.98. The van der Waals surface area contributed by atoms with Crippen LogP contribution in [0.15, 0.2) is 82.5 Å². The molecule has 1 N–H and O–H groups in total. The van der Waals surface area contributed by atoms with Gasteiger partial charge in [-0.25, -0.2) is 4.79 Å². The maximum atomic E-state index is 12.7. The fourth-order valence-electron chi connectivity index (χ4n) is 5.52. The van der Waals surface area contributed by atoms with Crippen LogP contribution in [-0.2, 0) is 28.2 Å². The van der Waals surface area contributed by atoms with E-state index >= 15 is 0 Å². The summed E-state index contributed by atoms with van der Waals surface area (Å²) in [6, 6.07) is 21.3. The topological polar surface area (TPSA) is 126 Å². The summed E-state index contributed by atoms with van der Waals surface area (Å²) in [6.45, 7) is 8.92. The SMILES string of the molecule is CC(=O)OCC1C(CO[Si](c2ccccc2)(c2ccccc2)C(C)(C)C)OC(n2ccc(=O)[nH]c2=O)C1OC(C)=O. The molecule has 4 atom stereocenters. The molecule has 4 unspecified atom stereocenters. The van der Waals surface area contributed by atoms with Crippen molar-refractivity contribution in [1.29, 1.82) is 0 Å². The minimum atomic E-state index is -2.98. The molecule has 4 rings (SSSR count). The van der Waals surface area contributed by atoms with Crippen LogP contribution in [0.2, 0.25) is 5.04 Å². The number of rotatable bonds is 9. The van der Waals surface area contributed by atoms with E-state index in [4.69, 9.17) is 18.6 Å². The van der Waals surface area contributed by atoms with E-state index in [1.54, 1.807) is 0 Å². The van der Waals surface area contributed by atoms with Crippen molar-refractivity contribution in [1.82, 2.24) is 9.55 Å². The molecule has 1 aromatic heterocycles. The fraction of sp³-hybridized carbons (Fsp3) is 0.400. The van der Waals surface area contributed by atoms with Gasteiger partial charge < -0.3 is 18.6 Å². The number of hydrogen-bond acceptors (Lipinski definition) is 8. The molecule has 0 radical (unpaired) electrons. The normalized spacial score (nSPS) is 20.9. The number of benzene rings is 2. The average molecular weight is 581 g/mol. The lowest BCUT2D eigenvalue weighted by atomic mass is 9.99. The monoisotopic (exact) mass is 580 g/mol. The second-order valence-electron chi connectivity index (χ2n) is 11.1. The van der Waals surface area contributed by atoms with Crippen molar-refractivity contribution in [2.75, 3.05) is 13.2 Å². The Morgan fingerprint density at radius 3 is 1.98 bits per heavy atom. The van der Waals surface area contributed by atoms with Gasteiger partial charge in [-0.05, 0) is 15.4 Å². The Bertz CT molecular complexity index is 1430. The van der Waals surface area contributed by atoms with Gasteiger partial charge in [0.05, 0.1) is 18.6 Å². The summed E-state index contributed by atoms with van der Waals surface area (Å²) in [5.74, 6) is -1.77. The fourth-order valence-corrected chi connectivity index (χ4v) is 10.1. The molecular weight excluding hydrogens is 544 g/mol. The summed E-state index contributed by atoms with van der Waals surface area (Å²) < 4.78 is 25.6. The van der Waals surface area contributed by atoms with Crippen LogP contribution >= 0.6 is 0 Å². The molecule has 2 heterocycles. The van der Waals surface area contributed by atoms with Gasteiger partial charge in [-0.2, -0.15) is 0 Å². The predicted octanol–water partition coefficient (Wildman–Crippen LogP) is 2.12. The van der Waals surface area contributed by atoms with Crippen molar-refractivity contribution >= 4 is 30.6 Å². The van der Waals surface area contributed by atoms with Crippen LogP contribution in [0.3, 0.4) is 0 Å². The molecule has 0 amide bonds. The third kappa shape index (κ3) is 6.42. The number of H-pyrrole nitrogens is 1. The van der Waals surface area contributed by atoms with Crippen molar-refractivity contribution in [2.24, 2.45) is 5.92 Å². The van der Waals surface area contributed by atoms with Gasteiger partial charge in [0, 0.05) is 26.1 Å². The van der Waals surface area contributed by atoms with Crippen LogP contribution in [0.5, 0.6) is 0 Å². The van der Waals surface area contributed by atoms with Crippen LogP contribution < -0.4 is 21.6 Å². The molecule has 1 saturated heterocycles. The zero-order valence-corrected chi connectivity index (χ0v) is 24.9. The summed E-state index contributed by atoms with van der Waals surface area (Å²) in [6.07, 6.45) is -1.53. The molecular formula is C30H36N2O8Si. The zero-order chi connectivity index (χ0) is 29.8. The van der Waals surface area contributed by atoms with Gasteiger partial charge in [0.1, 0.15) is 6.61 Å². The molecule has 10 nitrogen and oxygen atoms in total. The smallest absolute Gasteiger partial charge is 0.330 e. The Hall–Kier alpha value is -3.80. The largest absolute Gasteiger partial charge is 0.465 e. The first kappa shape index (κ1) is 30.2. The number of aromatic amines is 1. The maximum absolute atomic E-state index is 12.7. The third-order valence-electron chi connectivity index (χ3n) is 7.28. The second-order valence-corrected chi connectivity index (χ2v) is 15.4. The van der Waals surface area contributed by atoms with Crippen molar-refractivity contribution in [3.05, 3.63) is 93.8 Å². The number of aromatic nitrogens is 2. The van der Waals surface area contributed by atoms with E-state index in [0.29, 0.717) is 0 Å². The Morgan fingerprint density at radius 2 is 1.49 bits per heavy atom. The number of nitrogens with zero attached hydrogens (tertiary/aromatic N) is 1. The Morgan fingerprint density at radius 1 is 0.902 bits per heavy atom. The highest BCUT2D eigenvalue weighted by atomic mass is 28.4. The van der Waals surface area contributed by atoms with Crippen molar-refractivity contribution in [2.45, 2.75) is 58.1 Å². The van der Waals surface area contributed by atoms with Crippen LogP contribution in [0.4, 0.5) is 0 Å². The summed E-state index contributed by atoms with van der Waals surface area (Å²) in [4.78, 5) is 50.7. The van der Waals surface area contributed by atoms with Crippen molar-refractivity contribution in [3.63, 3.8) is 0 Å². The summed E-state index contributed by atoms with van der Waals surface area (Å²) in [5, 5.41) is 1.82. The van der Waals surface area contributed by atoms with Gasteiger partial charge >= 0.3 is 17.6 Å². The van der Waals surface area contributed by atoms with Crippen molar-refractivity contribution in [3.8, 4) is 0 Å². The van der Waals surface area contributed by atoms with Gasteiger partial charge in [-0.15, -0.1) is 0 Å². The molecule has 1 aliphatic heterocycles. The van der Waals surface area contributed by atoms with Crippen molar-refractivity contribution < 1.29 is 28.2 Å². The number of carbonyl (C=O) groups is 2. The summed E-state index contributed by atoms with van der Waals surface area (Å²) in [5.41, 5.74) is -1.30. The number of esters is 2. The molecule has 0 aliphatic carbocycles. The Balaban J connectivity index is 1.78. The Labute approximate surface area is 239 Å². The maximum Gasteiger partial charge on any atom is 0.330 e. The molecule has 0 saturated carbocycles. The molecule has 41 heavy (non-hydrogen) atoms. The lowest BCUT2D eigenvalue weighted by Crippen LogP contribution is -2.67.